The summed E-state index contributed by atoms with van der Waals surface area (Å²) in [6, 6.07) is 49.9. The molecule has 3 aromatic heterocycles. The van der Waals surface area contributed by atoms with Crippen molar-refractivity contribution in [2.24, 2.45) is 0 Å². The molecule has 0 aliphatic heterocycles. The molecule has 0 N–H and O–H groups in total. The van der Waals surface area contributed by atoms with Crippen LogP contribution in [-0.4, -0.2) is 19.9 Å². The first-order valence-corrected chi connectivity index (χ1v) is 16.6. The van der Waals surface area contributed by atoms with Gasteiger partial charge in [0.25, 0.3) is 0 Å². The van der Waals surface area contributed by atoms with Crippen molar-refractivity contribution in [3.05, 3.63) is 146 Å². The Morgan fingerprint density at radius 1 is 0.438 bits per heavy atom. The second-order valence-electron chi connectivity index (χ2n) is 11.9. The molecule has 0 aliphatic rings. The van der Waals surface area contributed by atoms with E-state index >= 15 is 0 Å². The number of hydrogen-bond donors (Lipinski definition) is 0. The fraction of sp³-hybridized carbons (Fsp3) is 0. The number of hydrogen-bond acceptors (Lipinski definition) is 6. The van der Waals surface area contributed by atoms with Gasteiger partial charge in [0.15, 0.2) is 17.5 Å². The summed E-state index contributed by atoms with van der Waals surface area (Å²) >= 11 is 1.73. The first-order valence-electron chi connectivity index (χ1n) is 15.8. The van der Waals surface area contributed by atoms with Crippen LogP contribution in [0.15, 0.2) is 150 Å². The third-order valence-electron chi connectivity index (χ3n) is 8.94. The lowest BCUT2D eigenvalue weighted by atomic mass is 10.0. The molecule has 0 aliphatic carbocycles. The third kappa shape index (κ3) is 4.38. The number of furan rings is 1. The highest BCUT2D eigenvalue weighted by Gasteiger charge is 2.18. The molecule has 0 amide bonds. The number of thiazole rings is 1. The molecule has 0 unspecified atom stereocenters. The van der Waals surface area contributed by atoms with Crippen molar-refractivity contribution >= 4 is 65.0 Å². The lowest BCUT2D eigenvalue weighted by Gasteiger charge is -2.10. The number of nitrogens with zero attached hydrogens (tertiary/aromatic N) is 4. The van der Waals surface area contributed by atoms with Crippen LogP contribution in [-0.2, 0) is 0 Å². The Morgan fingerprint density at radius 3 is 2.06 bits per heavy atom. The van der Waals surface area contributed by atoms with Crippen LogP contribution in [0.3, 0.4) is 0 Å². The maximum atomic E-state index is 6.20. The fourth-order valence-corrected chi connectivity index (χ4v) is 7.70. The molecular formula is C42H24N4OS. The molecular weight excluding hydrogens is 609 g/mol. The predicted molar refractivity (Wildman–Crippen MR) is 197 cm³/mol. The number of fused-ring (bicyclic) bond motifs is 7. The van der Waals surface area contributed by atoms with Gasteiger partial charge in [-0.15, -0.1) is 11.3 Å². The lowest BCUT2D eigenvalue weighted by Crippen LogP contribution is -2.00. The molecule has 0 radical (unpaired) electrons. The van der Waals surface area contributed by atoms with Crippen LogP contribution in [0.4, 0.5) is 0 Å². The molecule has 10 aromatic rings. The topological polar surface area (TPSA) is 64.7 Å². The first-order chi connectivity index (χ1) is 23.7. The zero-order valence-electron chi connectivity index (χ0n) is 25.5. The first kappa shape index (κ1) is 26.9. The van der Waals surface area contributed by atoms with Gasteiger partial charge in [0.1, 0.15) is 16.2 Å². The minimum absolute atomic E-state index is 0.606. The van der Waals surface area contributed by atoms with Crippen molar-refractivity contribution in [3.63, 3.8) is 0 Å². The average molecular weight is 633 g/mol. The van der Waals surface area contributed by atoms with Crippen molar-refractivity contribution in [3.8, 4) is 44.7 Å². The molecule has 0 spiro atoms. The summed E-state index contributed by atoms with van der Waals surface area (Å²) < 4.78 is 7.37. The number of rotatable bonds is 4. The van der Waals surface area contributed by atoms with Crippen LogP contribution in [0.5, 0.6) is 0 Å². The summed E-state index contributed by atoms with van der Waals surface area (Å²) in [6.07, 6.45) is 0. The monoisotopic (exact) mass is 632 g/mol. The van der Waals surface area contributed by atoms with E-state index in [1.54, 1.807) is 11.3 Å². The standard InChI is InChI=1S/C42H24N4OS/c1-2-10-26(11-3-1)39-44-40(46-41(45-39)33-14-8-16-36-37(33)32-13-6-7-15-35(32)47-36)29-19-21-31-28(24-29)20-22-34-38(31)48-42(43-34)30-18-17-25-9-4-5-12-27(25)23-30/h1-24H. The highest BCUT2D eigenvalue weighted by molar-refractivity contribution is 7.22. The minimum Gasteiger partial charge on any atom is -0.456 e. The van der Waals surface area contributed by atoms with E-state index in [-0.39, 0.29) is 0 Å². The zero-order valence-corrected chi connectivity index (χ0v) is 26.3. The summed E-state index contributed by atoms with van der Waals surface area (Å²) in [4.78, 5) is 20.2. The molecule has 0 saturated heterocycles. The van der Waals surface area contributed by atoms with Gasteiger partial charge in [-0.05, 0) is 46.5 Å². The molecule has 6 heteroatoms. The summed E-state index contributed by atoms with van der Waals surface area (Å²) in [6.45, 7) is 0. The van der Waals surface area contributed by atoms with Gasteiger partial charge in [-0.25, -0.2) is 19.9 Å². The molecule has 7 aromatic carbocycles. The van der Waals surface area contributed by atoms with Crippen molar-refractivity contribution in [1.82, 2.24) is 19.9 Å². The highest BCUT2D eigenvalue weighted by atomic mass is 32.1. The Balaban J connectivity index is 1.13. The van der Waals surface area contributed by atoms with Gasteiger partial charge >= 0.3 is 0 Å². The molecule has 3 heterocycles. The Kier molecular flexibility index (Phi) is 5.98. The largest absolute Gasteiger partial charge is 0.456 e. The van der Waals surface area contributed by atoms with Crippen molar-refractivity contribution in [1.29, 1.82) is 0 Å². The van der Waals surface area contributed by atoms with Crippen molar-refractivity contribution in [2.75, 3.05) is 0 Å². The Hall–Kier alpha value is -6.24. The molecule has 0 saturated carbocycles. The number of benzene rings is 7. The molecule has 48 heavy (non-hydrogen) atoms. The summed E-state index contributed by atoms with van der Waals surface area (Å²) in [7, 11) is 0. The Labute approximate surface area is 278 Å². The van der Waals surface area contributed by atoms with Gasteiger partial charge in [-0.2, -0.15) is 0 Å². The molecule has 224 valence electrons. The Bertz CT molecular complexity index is 2860. The van der Waals surface area contributed by atoms with E-state index in [1.807, 2.05) is 60.7 Å². The maximum absolute atomic E-state index is 6.20. The van der Waals surface area contributed by atoms with Gasteiger partial charge in [0.05, 0.1) is 10.2 Å². The quantitative estimate of drug-likeness (QED) is 0.193. The highest BCUT2D eigenvalue weighted by Crippen LogP contribution is 2.39. The lowest BCUT2D eigenvalue weighted by molar-refractivity contribution is 0.669. The van der Waals surface area contributed by atoms with E-state index in [2.05, 4.69) is 84.9 Å². The Morgan fingerprint density at radius 2 is 1.15 bits per heavy atom. The second-order valence-corrected chi connectivity index (χ2v) is 12.9. The van der Waals surface area contributed by atoms with Crippen LogP contribution in [0.1, 0.15) is 0 Å². The van der Waals surface area contributed by atoms with E-state index in [1.165, 1.54) is 15.5 Å². The van der Waals surface area contributed by atoms with Crippen LogP contribution < -0.4 is 0 Å². The van der Waals surface area contributed by atoms with Gasteiger partial charge in [-0.3, -0.25) is 0 Å². The van der Waals surface area contributed by atoms with Crippen molar-refractivity contribution in [2.45, 2.75) is 0 Å². The van der Waals surface area contributed by atoms with Crippen LogP contribution in [0, 0.1) is 0 Å². The van der Waals surface area contributed by atoms with Gasteiger partial charge in [-0.1, -0.05) is 115 Å². The van der Waals surface area contributed by atoms with E-state index in [0.717, 1.165) is 65.5 Å². The van der Waals surface area contributed by atoms with Gasteiger partial charge < -0.3 is 4.42 Å². The summed E-state index contributed by atoms with van der Waals surface area (Å²) in [5.74, 6) is 1.85. The van der Waals surface area contributed by atoms with Crippen LogP contribution in [0.2, 0.25) is 0 Å². The minimum atomic E-state index is 0.606. The molecule has 10 rings (SSSR count). The normalized spacial score (nSPS) is 11.8. The molecule has 0 fully saturated rings. The number of para-hydroxylation sites is 1. The average Bonchev–Trinajstić information content (AvgIpc) is 3.77. The molecule has 5 nitrogen and oxygen atoms in total. The van der Waals surface area contributed by atoms with E-state index in [0.29, 0.717) is 17.5 Å². The summed E-state index contributed by atoms with van der Waals surface area (Å²) in [5, 5.41) is 7.77. The van der Waals surface area contributed by atoms with E-state index in [9.17, 15) is 0 Å². The van der Waals surface area contributed by atoms with Crippen molar-refractivity contribution < 1.29 is 4.42 Å². The summed E-state index contributed by atoms with van der Waals surface area (Å²) in [5.41, 5.74) is 6.53. The van der Waals surface area contributed by atoms with Gasteiger partial charge in [0, 0.05) is 38.4 Å². The van der Waals surface area contributed by atoms with Crippen LogP contribution >= 0.6 is 11.3 Å². The molecule has 0 bridgehead atoms. The van der Waals surface area contributed by atoms with Crippen LogP contribution in [0.25, 0.3) is 98.4 Å². The maximum Gasteiger partial charge on any atom is 0.164 e. The molecule has 0 atom stereocenters. The zero-order chi connectivity index (χ0) is 31.6. The third-order valence-corrected chi connectivity index (χ3v) is 10.1. The van der Waals surface area contributed by atoms with Gasteiger partial charge in [0.2, 0.25) is 0 Å². The smallest absolute Gasteiger partial charge is 0.164 e. The predicted octanol–water partition coefficient (Wildman–Crippen LogP) is 11.4. The van der Waals surface area contributed by atoms with E-state index < -0.39 is 0 Å². The SMILES string of the molecule is c1ccc(-c2nc(-c3ccc4c(ccc5nc(-c6ccc7ccccc7c6)sc54)c3)nc(-c3cccc4oc5ccccc5c34)n2)cc1. The number of aromatic nitrogens is 4. The van der Waals surface area contributed by atoms with E-state index in [4.69, 9.17) is 24.4 Å². The fourth-order valence-electron chi connectivity index (χ4n) is 6.60. The second kappa shape index (κ2) is 10.7.